The van der Waals surface area contributed by atoms with Gasteiger partial charge in [0, 0.05) is 47.6 Å². The van der Waals surface area contributed by atoms with Gasteiger partial charge in [0.1, 0.15) is 6.04 Å². The van der Waals surface area contributed by atoms with Gasteiger partial charge in [0.15, 0.2) is 0 Å². The van der Waals surface area contributed by atoms with E-state index in [0.717, 1.165) is 16.5 Å². The molecule has 3 aromatic rings. The third kappa shape index (κ3) is 5.73. The molecule has 0 aliphatic rings. The number of aromatic nitrogens is 1. The zero-order valence-corrected chi connectivity index (χ0v) is 16.9. The zero-order valence-electron chi connectivity index (χ0n) is 16.9. The molecule has 3 rings (SSSR count). The van der Waals surface area contributed by atoms with Crippen LogP contribution in [0.25, 0.3) is 10.9 Å². The van der Waals surface area contributed by atoms with Crippen LogP contribution in [-0.4, -0.2) is 33.9 Å². The number of nitrogens with one attached hydrogen (secondary N) is 3. The average Bonchev–Trinajstić information content (AvgIpc) is 3.16. The number of unbranched alkanes of at least 4 members (excludes halogenated alkanes) is 1. The summed E-state index contributed by atoms with van der Waals surface area (Å²) >= 11 is 0. The Morgan fingerprint density at radius 3 is 2.71 bits per heavy atom. The van der Waals surface area contributed by atoms with Gasteiger partial charge in [-0.2, -0.15) is 0 Å². The molecule has 0 saturated carbocycles. The van der Waals surface area contributed by atoms with Crippen molar-refractivity contribution in [2.24, 2.45) is 0 Å². The van der Waals surface area contributed by atoms with E-state index in [1.807, 2.05) is 24.3 Å². The van der Waals surface area contributed by atoms with Crippen LogP contribution < -0.4 is 10.6 Å². The minimum Gasteiger partial charge on any atom is -0.480 e. The molecular formula is C24H23N3O4. The molecule has 1 atom stereocenters. The lowest BCUT2D eigenvalue weighted by atomic mass is 10.0. The highest BCUT2D eigenvalue weighted by molar-refractivity contribution is 5.99. The molecule has 0 radical (unpaired) electrons. The number of aromatic amines is 1. The van der Waals surface area contributed by atoms with Crippen LogP contribution in [0, 0.1) is 12.3 Å². The normalized spacial score (nSPS) is 11.5. The highest BCUT2D eigenvalue weighted by Crippen LogP contribution is 2.19. The molecular weight excluding hydrogens is 394 g/mol. The number of carbonyl (C=O) groups is 3. The summed E-state index contributed by atoms with van der Waals surface area (Å²) in [4.78, 5) is 39.5. The number of aliphatic carboxylic acids is 1. The lowest BCUT2D eigenvalue weighted by Gasteiger charge is -2.15. The fourth-order valence-electron chi connectivity index (χ4n) is 3.27. The van der Waals surface area contributed by atoms with Gasteiger partial charge >= 0.3 is 5.97 Å². The van der Waals surface area contributed by atoms with Crippen molar-refractivity contribution in [1.29, 1.82) is 0 Å². The lowest BCUT2D eigenvalue weighted by molar-refractivity contribution is -0.139. The highest BCUT2D eigenvalue weighted by atomic mass is 16.4. The number of rotatable bonds is 9. The van der Waals surface area contributed by atoms with Crippen LogP contribution in [0.1, 0.15) is 35.2 Å². The van der Waals surface area contributed by atoms with E-state index in [1.165, 1.54) is 6.07 Å². The second kappa shape index (κ2) is 10.1. The maximum Gasteiger partial charge on any atom is 0.326 e. The number of anilines is 1. The number of para-hydroxylation sites is 1. The maximum absolute atomic E-state index is 12.7. The Balaban J connectivity index is 1.67. The molecule has 0 bridgehead atoms. The van der Waals surface area contributed by atoms with E-state index in [2.05, 4.69) is 21.5 Å². The number of hydrogen-bond acceptors (Lipinski definition) is 3. The number of amides is 2. The number of carboxylic acids is 1. The second-order valence-corrected chi connectivity index (χ2v) is 7.11. The fraction of sp³-hybridized carbons (Fsp3) is 0.208. The molecule has 7 heteroatoms. The van der Waals surface area contributed by atoms with Crippen molar-refractivity contribution in [1.82, 2.24) is 10.3 Å². The minimum absolute atomic E-state index is 0.136. The molecule has 1 aromatic heterocycles. The van der Waals surface area contributed by atoms with E-state index in [4.69, 9.17) is 6.42 Å². The van der Waals surface area contributed by atoms with Crippen LogP contribution >= 0.6 is 0 Å². The first-order valence-electron chi connectivity index (χ1n) is 9.90. The van der Waals surface area contributed by atoms with Crippen LogP contribution in [0.2, 0.25) is 0 Å². The Hall–Kier alpha value is -4.05. The van der Waals surface area contributed by atoms with E-state index in [-0.39, 0.29) is 24.3 Å². The first-order valence-corrected chi connectivity index (χ1v) is 9.90. The van der Waals surface area contributed by atoms with Crippen LogP contribution in [0.5, 0.6) is 0 Å². The van der Waals surface area contributed by atoms with Crippen molar-refractivity contribution in [2.75, 3.05) is 5.32 Å². The lowest BCUT2D eigenvalue weighted by Crippen LogP contribution is -2.42. The van der Waals surface area contributed by atoms with Gasteiger partial charge in [-0.1, -0.05) is 24.3 Å². The molecule has 0 spiro atoms. The molecule has 2 amide bonds. The Morgan fingerprint density at radius 1 is 1.13 bits per heavy atom. The third-order valence-corrected chi connectivity index (χ3v) is 4.84. The summed E-state index contributed by atoms with van der Waals surface area (Å²) in [5, 5.41) is 15.8. The predicted molar refractivity (Wildman–Crippen MR) is 119 cm³/mol. The fourth-order valence-corrected chi connectivity index (χ4v) is 3.27. The summed E-state index contributed by atoms with van der Waals surface area (Å²) < 4.78 is 0. The average molecular weight is 417 g/mol. The number of terminal acetylenes is 1. The number of benzene rings is 2. The van der Waals surface area contributed by atoms with E-state index >= 15 is 0 Å². The van der Waals surface area contributed by atoms with E-state index in [1.54, 1.807) is 24.4 Å². The minimum atomic E-state index is -1.13. The summed E-state index contributed by atoms with van der Waals surface area (Å²) in [6.45, 7) is 0. The number of H-pyrrole nitrogens is 1. The van der Waals surface area contributed by atoms with Gasteiger partial charge in [-0.3, -0.25) is 9.59 Å². The van der Waals surface area contributed by atoms with E-state index in [0.29, 0.717) is 18.5 Å². The second-order valence-electron chi connectivity index (χ2n) is 7.11. The van der Waals surface area contributed by atoms with Gasteiger partial charge in [0.2, 0.25) is 5.91 Å². The molecule has 0 aliphatic carbocycles. The van der Waals surface area contributed by atoms with Crippen LogP contribution in [0.15, 0.2) is 54.7 Å². The molecule has 0 saturated heterocycles. The molecule has 0 fully saturated rings. The largest absolute Gasteiger partial charge is 0.480 e. The highest BCUT2D eigenvalue weighted by Gasteiger charge is 2.22. The number of hydrogen-bond donors (Lipinski definition) is 4. The number of fused-ring (bicyclic) bond motifs is 1. The summed E-state index contributed by atoms with van der Waals surface area (Å²) in [7, 11) is 0. The smallest absolute Gasteiger partial charge is 0.326 e. The van der Waals surface area contributed by atoms with E-state index in [9.17, 15) is 19.5 Å². The summed E-state index contributed by atoms with van der Waals surface area (Å²) in [6.07, 6.45) is 8.45. The summed E-state index contributed by atoms with van der Waals surface area (Å²) in [6, 6.07) is 12.8. The quantitative estimate of drug-likeness (QED) is 0.316. The topological polar surface area (TPSA) is 111 Å². The number of carboxylic acid groups (broad SMARTS) is 1. The monoisotopic (exact) mass is 417 g/mol. The van der Waals surface area contributed by atoms with Crippen molar-refractivity contribution >= 4 is 34.4 Å². The first kappa shape index (κ1) is 21.7. The predicted octanol–water partition coefficient (Wildman–Crippen LogP) is 3.34. The van der Waals surface area contributed by atoms with Crippen molar-refractivity contribution < 1.29 is 19.5 Å². The van der Waals surface area contributed by atoms with Crippen LogP contribution in [-0.2, 0) is 16.0 Å². The van der Waals surface area contributed by atoms with Crippen molar-refractivity contribution in [2.45, 2.75) is 31.7 Å². The Bertz CT molecular complexity index is 1140. The zero-order chi connectivity index (χ0) is 22.2. The Kier molecular flexibility index (Phi) is 7.07. The first-order chi connectivity index (χ1) is 15.0. The van der Waals surface area contributed by atoms with Crippen molar-refractivity contribution in [3.05, 3.63) is 65.9 Å². The molecule has 31 heavy (non-hydrogen) atoms. The van der Waals surface area contributed by atoms with Gasteiger partial charge in [-0.15, -0.1) is 12.3 Å². The van der Waals surface area contributed by atoms with Gasteiger partial charge in [0.25, 0.3) is 5.91 Å². The third-order valence-electron chi connectivity index (χ3n) is 4.84. The maximum atomic E-state index is 12.7. The molecule has 0 unspecified atom stereocenters. The van der Waals surface area contributed by atoms with Gasteiger partial charge < -0.3 is 20.7 Å². The molecule has 7 nitrogen and oxygen atoms in total. The molecule has 1 heterocycles. The molecule has 4 N–H and O–H groups in total. The standard InChI is InChI=1S/C24H23N3O4/c1-2-3-4-12-22(28)26-18-9-7-8-16(13-18)23(29)27-21(24(30)31)14-17-15-25-20-11-6-5-10-19(17)20/h1,5-11,13,15,21,25H,3-4,12,14H2,(H,26,28)(H,27,29)(H,30,31)/t21-/m0/s1. The van der Waals surface area contributed by atoms with Crippen LogP contribution in [0.4, 0.5) is 5.69 Å². The summed E-state index contributed by atoms with van der Waals surface area (Å²) in [5.74, 6) is 0.622. The van der Waals surface area contributed by atoms with Crippen molar-refractivity contribution in [3.63, 3.8) is 0 Å². The Labute approximate surface area is 179 Å². The van der Waals surface area contributed by atoms with Gasteiger partial charge in [0.05, 0.1) is 0 Å². The summed E-state index contributed by atoms with van der Waals surface area (Å²) in [5.41, 5.74) is 2.42. The van der Waals surface area contributed by atoms with E-state index < -0.39 is 17.9 Å². The molecule has 2 aromatic carbocycles. The SMILES string of the molecule is C#CCCCC(=O)Nc1cccc(C(=O)N[C@@H](Cc2c[nH]c3ccccc23)C(=O)O)c1. The van der Waals surface area contributed by atoms with Crippen LogP contribution in [0.3, 0.4) is 0 Å². The Morgan fingerprint density at radius 2 is 1.94 bits per heavy atom. The van der Waals surface area contributed by atoms with Gasteiger partial charge in [-0.25, -0.2) is 4.79 Å². The molecule has 158 valence electrons. The van der Waals surface area contributed by atoms with Crippen molar-refractivity contribution in [3.8, 4) is 12.3 Å². The molecule has 0 aliphatic heterocycles. The van der Waals surface area contributed by atoms with Gasteiger partial charge in [-0.05, 0) is 36.2 Å². The number of carbonyl (C=O) groups excluding carboxylic acids is 2.